The van der Waals surface area contributed by atoms with Gasteiger partial charge in [0.1, 0.15) is 5.82 Å². The smallest absolute Gasteiger partial charge is 0.220 e. The summed E-state index contributed by atoms with van der Waals surface area (Å²) in [6, 6.07) is 6.05. The molecule has 3 rings (SSSR count). The van der Waals surface area contributed by atoms with Crippen LogP contribution < -0.4 is 5.32 Å². The highest BCUT2D eigenvalue weighted by molar-refractivity contribution is 5.76. The molecule has 1 aliphatic carbocycles. The molecule has 1 saturated carbocycles. The van der Waals surface area contributed by atoms with E-state index < -0.39 is 0 Å². The van der Waals surface area contributed by atoms with E-state index in [1.165, 1.54) is 12.1 Å². The number of carbonyl (C=O) groups excluding carboxylic acids is 1. The van der Waals surface area contributed by atoms with Gasteiger partial charge in [0, 0.05) is 12.6 Å². The Balaban J connectivity index is 1.56. The predicted octanol–water partition coefficient (Wildman–Crippen LogP) is 2.50. The third-order valence-electron chi connectivity index (χ3n) is 4.59. The Bertz CT molecular complexity index is 651. The van der Waals surface area contributed by atoms with Crippen molar-refractivity contribution >= 4 is 5.91 Å². The fourth-order valence-corrected chi connectivity index (χ4v) is 3.16. The summed E-state index contributed by atoms with van der Waals surface area (Å²) in [6.07, 6.45) is 6.59. The summed E-state index contributed by atoms with van der Waals surface area (Å²) in [5.74, 6) is -0.116. The molecule has 0 aliphatic heterocycles. The van der Waals surface area contributed by atoms with Gasteiger partial charge in [-0.2, -0.15) is 5.10 Å². The summed E-state index contributed by atoms with van der Waals surface area (Å²) in [6.45, 7) is 0. The molecule has 1 atom stereocenters. The van der Waals surface area contributed by atoms with Gasteiger partial charge in [-0.15, -0.1) is 0 Å². The molecular weight excluding hydrogens is 309 g/mol. The Morgan fingerprint density at radius 3 is 2.75 bits per heavy atom. The zero-order valence-electron chi connectivity index (χ0n) is 13.4. The van der Waals surface area contributed by atoms with Crippen LogP contribution in [-0.2, 0) is 11.2 Å². The van der Waals surface area contributed by atoms with Gasteiger partial charge < -0.3 is 10.4 Å². The zero-order chi connectivity index (χ0) is 16.9. The summed E-state index contributed by atoms with van der Waals surface area (Å²) < 4.78 is 13.1. The van der Waals surface area contributed by atoms with Gasteiger partial charge in [-0.25, -0.2) is 4.39 Å². The topological polar surface area (TPSA) is 78.0 Å². The second kappa shape index (κ2) is 7.57. The molecular formula is C18H22FN3O2. The summed E-state index contributed by atoms with van der Waals surface area (Å²) >= 11 is 0. The number of hydrogen-bond donors (Lipinski definition) is 3. The number of H-pyrrole nitrogens is 1. The lowest BCUT2D eigenvalue weighted by molar-refractivity contribution is -0.123. The van der Waals surface area contributed by atoms with E-state index in [1.807, 2.05) is 6.20 Å². The van der Waals surface area contributed by atoms with Crippen molar-refractivity contribution in [3.63, 3.8) is 0 Å². The Labute approximate surface area is 140 Å². The van der Waals surface area contributed by atoms with Crippen LogP contribution in [0.3, 0.4) is 0 Å². The lowest BCUT2D eigenvalue weighted by Crippen LogP contribution is -2.41. The summed E-state index contributed by atoms with van der Waals surface area (Å²) in [4.78, 5) is 12.3. The van der Waals surface area contributed by atoms with E-state index in [0.29, 0.717) is 19.3 Å². The number of halogens is 1. The number of aromatic amines is 1. The zero-order valence-corrected chi connectivity index (χ0v) is 13.4. The highest BCUT2D eigenvalue weighted by Gasteiger charge is 2.35. The average molecular weight is 331 g/mol. The van der Waals surface area contributed by atoms with Crippen LogP contribution in [0.15, 0.2) is 36.7 Å². The Kier molecular flexibility index (Phi) is 5.25. The molecule has 1 heterocycles. The van der Waals surface area contributed by atoms with Gasteiger partial charge in [-0.05, 0) is 54.9 Å². The molecule has 1 amide bonds. The standard InChI is InChI=1S/C18H22FN3O2/c19-15-6-4-13(5-7-15)18(14-8-16(23)9-14)22-17(24)3-1-2-12-10-20-21-11-12/h4-7,10-11,14,16,18,23H,1-3,8-9H2,(H,20,21)(H,22,24). The molecule has 24 heavy (non-hydrogen) atoms. The number of aromatic nitrogens is 2. The van der Waals surface area contributed by atoms with E-state index in [4.69, 9.17) is 0 Å². The van der Waals surface area contributed by atoms with Crippen LogP contribution in [0.2, 0.25) is 0 Å². The van der Waals surface area contributed by atoms with Crippen molar-refractivity contribution < 1.29 is 14.3 Å². The molecule has 1 unspecified atom stereocenters. The van der Waals surface area contributed by atoms with Gasteiger partial charge in [0.25, 0.3) is 0 Å². The largest absolute Gasteiger partial charge is 0.393 e. The first-order valence-corrected chi connectivity index (χ1v) is 8.32. The third kappa shape index (κ3) is 4.20. The van der Waals surface area contributed by atoms with Gasteiger partial charge in [0.15, 0.2) is 0 Å². The van der Waals surface area contributed by atoms with Crippen molar-refractivity contribution in [2.45, 2.75) is 44.2 Å². The minimum absolute atomic E-state index is 0.0193. The monoisotopic (exact) mass is 331 g/mol. The molecule has 5 nitrogen and oxygen atoms in total. The first kappa shape index (κ1) is 16.6. The second-order valence-electron chi connectivity index (χ2n) is 6.44. The Hall–Kier alpha value is -2.21. The molecule has 1 aromatic carbocycles. The molecule has 6 heteroatoms. The van der Waals surface area contributed by atoms with Gasteiger partial charge >= 0.3 is 0 Å². The van der Waals surface area contributed by atoms with Crippen LogP contribution in [0.1, 0.15) is 42.9 Å². The number of nitrogens with zero attached hydrogens (tertiary/aromatic N) is 1. The molecule has 1 aliphatic rings. The fraction of sp³-hybridized carbons (Fsp3) is 0.444. The molecule has 128 valence electrons. The number of carbonyl (C=O) groups is 1. The number of aryl methyl sites for hydroxylation is 1. The molecule has 1 aromatic heterocycles. The summed E-state index contributed by atoms with van der Waals surface area (Å²) in [5, 5.41) is 19.3. The predicted molar refractivity (Wildman–Crippen MR) is 87.5 cm³/mol. The van der Waals surface area contributed by atoms with Crippen LogP contribution in [0.25, 0.3) is 0 Å². The molecule has 3 N–H and O–H groups in total. The first-order valence-electron chi connectivity index (χ1n) is 8.32. The van der Waals surface area contributed by atoms with E-state index in [0.717, 1.165) is 24.0 Å². The molecule has 0 radical (unpaired) electrons. The van der Waals surface area contributed by atoms with Crippen molar-refractivity contribution in [1.29, 1.82) is 0 Å². The first-order chi connectivity index (χ1) is 11.6. The number of aliphatic hydroxyl groups excluding tert-OH is 1. The third-order valence-corrected chi connectivity index (χ3v) is 4.59. The Morgan fingerprint density at radius 1 is 1.38 bits per heavy atom. The normalized spacial score (nSPS) is 21.1. The van der Waals surface area contributed by atoms with Crippen LogP contribution in [0.4, 0.5) is 4.39 Å². The summed E-state index contributed by atoms with van der Waals surface area (Å²) in [7, 11) is 0. The van der Waals surface area contributed by atoms with Gasteiger partial charge in [-0.1, -0.05) is 12.1 Å². The van der Waals surface area contributed by atoms with Crippen LogP contribution in [0, 0.1) is 11.7 Å². The number of benzene rings is 1. The lowest BCUT2D eigenvalue weighted by atomic mass is 9.75. The van der Waals surface area contributed by atoms with E-state index in [1.54, 1.807) is 18.3 Å². The van der Waals surface area contributed by atoms with Crippen molar-refractivity contribution in [3.8, 4) is 0 Å². The number of aliphatic hydroxyl groups is 1. The maximum Gasteiger partial charge on any atom is 0.220 e. The Morgan fingerprint density at radius 2 is 2.12 bits per heavy atom. The van der Waals surface area contributed by atoms with E-state index >= 15 is 0 Å². The molecule has 2 aromatic rings. The van der Waals surface area contributed by atoms with Crippen molar-refractivity contribution in [1.82, 2.24) is 15.5 Å². The van der Waals surface area contributed by atoms with Crippen molar-refractivity contribution in [3.05, 3.63) is 53.6 Å². The highest BCUT2D eigenvalue weighted by Crippen LogP contribution is 2.38. The highest BCUT2D eigenvalue weighted by atomic mass is 19.1. The number of amides is 1. The maximum atomic E-state index is 13.1. The molecule has 0 saturated heterocycles. The van der Waals surface area contributed by atoms with Gasteiger partial charge in [0.05, 0.1) is 18.3 Å². The minimum atomic E-state index is -0.295. The van der Waals surface area contributed by atoms with Crippen molar-refractivity contribution in [2.24, 2.45) is 5.92 Å². The fourth-order valence-electron chi connectivity index (χ4n) is 3.16. The lowest BCUT2D eigenvalue weighted by Gasteiger charge is -2.38. The van der Waals surface area contributed by atoms with Crippen molar-refractivity contribution in [2.75, 3.05) is 0 Å². The molecule has 1 fully saturated rings. The maximum absolute atomic E-state index is 13.1. The molecule has 0 bridgehead atoms. The average Bonchev–Trinajstić information content (AvgIpc) is 3.04. The van der Waals surface area contributed by atoms with Crippen LogP contribution in [0.5, 0.6) is 0 Å². The molecule has 0 spiro atoms. The van der Waals surface area contributed by atoms with Gasteiger partial charge in [-0.3, -0.25) is 9.89 Å². The number of rotatable bonds is 7. The number of nitrogens with one attached hydrogen (secondary N) is 2. The minimum Gasteiger partial charge on any atom is -0.393 e. The number of hydrogen-bond acceptors (Lipinski definition) is 3. The van der Waals surface area contributed by atoms with Gasteiger partial charge in [0.2, 0.25) is 5.91 Å². The van der Waals surface area contributed by atoms with Crippen LogP contribution >= 0.6 is 0 Å². The SMILES string of the molecule is O=C(CCCc1cn[nH]c1)NC(c1ccc(F)cc1)C1CC(O)C1. The summed E-state index contributed by atoms with van der Waals surface area (Å²) in [5.41, 5.74) is 1.97. The quantitative estimate of drug-likeness (QED) is 0.729. The second-order valence-corrected chi connectivity index (χ2v) is 6.44. The van der Waals surface area contributed by atoms with E-state index in [-0.39, 0.29) is 29.8 Å². The van der Waals surface area contributed by atoms with E-state index in [9.17, 15) is 14.3 Å². The van der Waals surface area contributed by atoms with E-state index in [2.05, 4.69) is 15.5 Å². The van der Waals surface area contributed by atoms with Crippen LogP contribution in [-0.4, -0.2) is 27.3 Å².